The third-order valence-corrected chi connectivity index (χ3v) is 1.87. The van der Waals surface area contributed by atoms with E-state index >= 15 is 0 Å². The van der Waals surface area contributed by atoms with Gasteiger partial charge in [0.1, 0.15) is 6.04 Å². The molecule has 1 rings (SSSR count). The average Bonchev–Trinajstić information content (AvgIpc) is 2.15. The van der Waals surface area contributed by atoms with Crippen molar-refractivity contribution in [1.29, 1.82) is 0 Å². The van der Waals surface area contributed by atoms with Crippen LogP contribution in [0.15, 0.2) is 24.3 Å². The molecule has 0 aliphatic rings. The van der Waals surface area contributed by atoms with Gasteiger partial charge < -0.3 is 10.8 Å². The fourth-order valence-corrected chi connectivity index (χ4v) is 1.02. The van der Waals surface area contributed by atoms with Crippen LogP contribution in [-0.4, -0.2) is 11.3 Å². The summed E-state index contributed by atoms with van der Waals surface area (Å²) in [5.41, 5.74) is 5.53. The van der Waals surface area contributed by atoms with Crippen LogP contribution in [0.4, 0.5) is 13.2 Å². The molecule has 1 aromatic carbocycles. The molecule has 2 nitrogen and oxygen atoms in total. The average molecular weight is 205 g/mol. The lowest BCUT2D eigenvalue weighted by Gasteiger charge is -2.15. The maximum Gasteiger partial charge on any atom is 0.407 e. The van der Waals surface area contributed by atoms with Gasteiger partial charge in [-0.25, -0.2) is 0 Å². The molecule has 0 unspecified atom stereocenters. The van der Waals surface area contributed by atoms with Crippen LogP contribution in [0, 0.1) is 0 Å². The first-order chi connectivity index (χ1) is 6.45. The zero-order chi connectivity index (χ0) is 10.8. The molecule has 0 aromatic heterocycles. The topological polar surface area (TPSA) is 46.2 Å². The van der Waals surface area contributed by atoms with Gasteiger partial charge in [-0.3, -0.25) is 0 Å². The Morgan fingerprint density at radius 1 is 1.21 bits per heavy atom. The molecule has 0 saturated carbocycles. The minimum Gasteiger partial charge on any atom is -0.392 e. The van der Waals surface area contributed by atoms with Gasteiger partial charge in [0, 0.05) is 0 Å². The summed E-state index contributed by atoms with van der Waals surface area (Å²) in [5.74, 6) is 0. The first-order valence-corrected chi connectivity index (χ1v) is 3.97. The van der Waals surface area contributed by atoms with Crippen molar-refractivity contribution in [2.24, 2.45) is 5.73 Å². The van der Waals surface area contributed by atoms with Crippen LogP contribution in [0.1, 0.15) is 17.2 Å². The van der Waals surface area contributed by atoms with E-state index in [1.165, 1.54) is 24.3 Å². The Balaban J connectivity index is 2.87. The monoisotopic (exact) mass is 205 g/mol. The molecule has 0 aliphatic heterocycles. The largest absolute Gasteiger partial charge is 0.407 e. The Labute approximate surface area is 79.2 Å². The molecule has 0 bridgehead atoms. The highest BCUT2D eigenvalue weighted by molar-refractivity contribution is 5.25. The van der Waals surface area contributed by atoms with Crippen molar-refractivity contribution in [3.63, 3.8) is 0 Å². The summed E-state index contributed by atoms with van der Waals surface area (Å²) >= 11 is 0. The SMILES string of the molecule is N[C@H](c1ccc(CO)cc1)C(F)(F)F. The normalized spacial score (nSPS) is 14.1. The maximum atomic E-state index is 12.1. The summed E-state index contributed by atoms with van der Waals surface area (Å²) in [4.78, 5) is 0. The second kappa shape index (κ2) is 3.98. The molecule has 3 N–H and O–H groups in total. The van der Waals surface area contributed by atoms with Crippen LogP contribution >= 0.6 is 0 Å². The molecule has 78 valence electrons. The first-order valence-electron chi connectivity index (χ1n) is 3.97. The molecular weight excluding hydrogens is 195 g/mol. The highest BCUT2D eigenvalue weighted by Gasteiger charge is 2.37. The third-order valence-electron chi connectivity index (χ3n) is 1.87. The number of rotatable bonds is 2. The number of nitrogens with two attached hydrogens (primary N) is 1. The molecule has 0 heterocycles. The molecule has 1 aromatic rings. The van der Waals surface area contributed by atoms with E-state index in [9.17, 15) is 13.2 Å². The fraction of sp³-hybridized carbons (Fsp3) is 0.333. The Kier molecular flexibility index (Phi) is 3.13. The van der Waals surface area contributed by atoms with Gasteiger partial charge in [-0.15, -0.1) is 0 Å². The second-order valence-electron chi connectivity index (χ2n) is 2.92. The number of aliphatic hydroxyl groups excluding tert-OH is 1. The van der Waals surface area contributed by atoms with Gasteiger partial charge in [0.2, 0.25) is 0 Å². The maximum absolute atomic E-state index is 12.1. The van der Waals surface area contributed by atoms with E-state index in [4.69, 9.17) is 10.8 Å². The standard InChI is InChI=1S/C9H10F3NO/c10-9(11,12)8(13)7-3-1-6(5-14)2-4-7/h1-4,8,14H,5,13H2/t8-/m1/s1. The molecule has 0 amide bonds. The van der Waals surface area contributed by atoms with Crippen molar-refractivity contribution in [2.45, 2.75) is 18.8 Å². The van der Waals surface area contributed by atoms with Crippen LogP contribution in [-0.2, 0) is 6.61 Å². The molecule has 0 aliphatic carbocycles. The summed E-state index contributed by atoms with van der Waals surface area (Å²) in [5, 5.41) is 8.67. The minimum absolute atomic E-state index is 0.00491. The smallest absolute Gasteiger partial charge is 0.392 e. The number of aliphatic hydroxyl groups is 1. The quantitative estimate of drug-likeness (QED) is 0.772. The van der Waals surface area contributed by atoms with E-state index < -0.39 is 12.2 Å². The van der Waals surface area contributed by atoms with E-state index in [0.717, 1.165) is 0 Å². The van der Waals surface area contributed by atoms with Crippen LogP contribution in [0.3, 0.4) is 0 Å². The van der Waals surface area contributed by atoms with Crippen LogP contribution < -0.4 is 5.73 Å². The molecule has 0 radical (unpaired) electrons. The summed E-state index contributed by atoms with van der Waals surface area (Å²) < 4.78 is 36.4. The Morgan fingerprint density at radius 3 is 2.07 bits per heavy atom. The number of halogens is 3. The highest BCUT2D eigenvalue weighted by atomic mass is 19.4. The van der Waals surface area contributed by atoms with E-state index in [1.807, 2.05) is 0 Å². The third kappa shape index (κ3) is 2.46. The van der Waals surface area contributed by atoms with E-state index in [-0.39, 0.29) is 12.2 Å². The Morgan fingerprint density at radius 2 is 1.71 bits per heavy atom. The molecule has 5 heteroatoms. The molecular formula is C9H10F3NO. The van der Waals surface area contributed by atoms with E-state index in [0.29, 0.717) is 5.56 Å². The summed E-state index contributed by atoms with van der Waals surface area (Å²) in [6, 6.07) is 3.41. The summed E-state index contributed by atoms with van der Waals surface area (Å²) in [6.07, 6.45) is -4.43. The number of hydrogen-bond donors (Lipinski definition) is 2. The van der Waals surface area contributed by atoms with E-state index in [2.05, 4.69) is 0 Å². The van der Waals surface area contributed by atoms with Gasteiger partial charge in [0.25, 0.3) is 0 Å². The molecule has 0 spiro atoms. The van der Waals surface area contributed by atoms with E-state index in [1.54, 1.807) is 0 Å². The lowest BCUT2D eigenvalue weighted by atomic mass is 10.1. The predicted molar refractivity (Wildman–Crippen MR) is 45.3 cm³/mol. The molecule has 0 fully saturated rings. The van der Waals surface area contributed by atoms with Gasteiger partial charge in [-0.2, -0.15) is 13.2 Å². The highest BCUT2D eigenvalue weighted by Crippen LogP contribution is 2.30. The van der Waals surface area contributed by atoms with Crippen LogP contribution in [0.2, 0.25) is 0 Å². The fourth-order valence-electron chi connectivity index (χ4n) is 1.02. The van der Waals surface area contributed by atoms with Crippen molar-refractivity contribution in [1.82, 2.24) is 0 Å². The van der Waals surface area contributed by atoms with Gasteiger partial charge in [0.15, 0.2) is 0 Å². The lowest BCUT2D eigenvalue weighted by Crippen LogP contribution is -2.28. The van der Waals surface area contributed by atoms with Gasteiger partial charge in [-0.05, 0) is 11.1 Å². The van der Waals surface area contributed by atoms with Crippen LogP contribution in [0.5, 0.6) is 0 Å². The number of benzene rings is 1. The van der Waals surface area contributed by atoms with Gasteiger partial charge in [-0.1, -0.05) is 24.3 Å². The Bertz CT molecular complexity index is 294. The summed E-state index contributed by atoms with van der Waals surface area (Å²) in [7, 11) is 0. The van der Waals surface area contributed by atoms with Crippen molar-refractivity contribution < 1.29 is 18.3 Å². The van der Waals surface area contributed by atoms with Crippen molar-refractivity contribution in [3.05, 3.63) is 35.4 Å². The van der Waals surface area contributed by atoms with Crippen molar-refractivity contribution >= 4 is 0 Å². The minimum atomic E-state index is -4.43. The molecule has 14 heavy (non-hydrogen) atoms. The predicted octanol–water partition coefficient (Wildman–Crippen LogP) is 1.74. The number of alkyl halides is 3. The Hall–Kier alpha value is -1.07. The van der Waals surface area contributed by atoms with Crippen LogP contribution in [0.25, 0.3) is 0 Å². The summed E-state index contributed by atoms with van der Waals surface area (Å²) in [6.45, 7) is -0.193. The van der Waals surface area contributed by atoms with Gasteiger partial charge in [0.05, 0.1) is 6.61 Å². The first kappa shape index (κ1) is 11.0. The van der Waals surface area contributed by atoms with Crippen molar-refractivity contribution in [3.8, 4) is 0 Å². The number of hydrogen-bond acceptors (Lipinski definition) is 2. The van der Waals surface area contributed by atoms with Crippen molar-refractivity contribution in [2.75, 3.05) is 0 Å². The lowest BCUT2D eigenvalue weighted by molar-refractivity contribution is -0.149. The zero-order valence-electron chi connectivity index (χ0n) is 7.25. The van der Waals surface area contributed by atoms with Gasteiger partial charge >= 0.3 is 6.18 Å². The molecule has 1 atom stereocenters. The second-order valence-corrected chi connectivity index (χ2v) is 2.92. The zero-order valence-corrected chi connectivity index (χ0v) is 7.25. The molecule has 0 saturated heterocycles.